The zero-order valence-corrected chi connectivity index (χ0v) is 16.4. The van der Waals surface area contributed by atoms with Crippen LogP contribution < -0.4 is 4.74 Å². The van der Waals surface area contributed by atoms with Crippen LogP contribution in [0.4, 0.5) is 0 Å². The Morgan fingerprint density at radius 2 is 1.96 bits per heavy atom. The summed E-state index contributed by atoms with van der Waals surface area (Å²) in [6.07, 6.45) is -2.27. The molecule has 1 aliphatic rings. The van der Waals surface area contributed by atoms with E-state index in [2.05, 4.69) is 20.9 Å². The molecular weight excluding hydrogens is 414 g/mol. The second-order valence-electron chi connectivity index (χ2n) is 6.46. The SMILES string of the molecule is Cc1c(Br)c(Cl)c2c(OC3OC(CO)C(O)C(O)[C@H]3C)c[nH]c2c1C. The molecular formula is C17H21BrClNO5. The number of hydrogen-bond donors (Lipinski definition) is 4. The van der Waals surface area contributed by atoms with E-state index < -0.39 is 37.1 Å². The lowest BCUT2D eigenvalue weighted by molar-refractivity contribution is -0.256. The van der Waals surface area contributed by atoms with E-state index in [4.69, 9.17) is 21.1 Å². The van der Waals surface area contributed by atoms with Gasteiger partial charge < -0.3 is 29.8 Å². The zero-order chi connectivity index (χ0) is 18.5. The molecule has 3 rings (SSSR count). The van der Waals surface area contributed by atoms with Crippen LogP contribution in [0.25, 0.3) is 10.9 Å². The Morgan fingerprint density at radius 3 is 2.60 bits per heavy atom. The van der Waals surface area contributed by atoms with Gasteiger partial charge >= 0.3 is 0 Å². The fourth-order valence-electron chi connectivity index (χ4n) is 3.12. The third-order valence-electron chi connectivity index (χ3n) is 4.95. The lowest BCUT2D eigenvalue weighted by atomic mass is 9.92. The summed E-state index contributed by atoms with van der Waals surface area (Å²) in [5.74, 6) is -0.00237. The van der Waals surface area contributed by atoms with Gasteiger partial charge in [-0.3, -0.25) is 0 Å². The number of aliphatic hydroxyl groups is 3. The van der Waals surface area contributed by atoms with Crippen LogP contribution in [0.1, 0.15) is 18.1 Å². The highest BCUT2D eigenvalue weighted by Crippen LogP contribution is 2.42. The van der Waals surface area contributed by atoms with Gasteiger partial charge in [-0.25, -0.2) is 0 Å². The van der Waals surface area contributed by atoms with E-state index in [9.17, 15) is 15.3 Å². The molecule has 1 fully saturated rings. The van der Waals surface area contributed by atoms with Crippen LogP contribution in [0.5, 0.6) is 5.75 Å². The highest BCUT2D eigenvalue weighted by atomic mass is 79.9. The van der Waals surface area contributed by atoms with Crippen molar-refractivity contribution in [3.8, 4) is 5.75 Å². The lowest BCUT2D eigenvalue weighted by Gasteiger charge is -2.40. The minimum absolute atomic E-state index is 0.413. The molecule has 25 heavy (non-hydrogen) atoms. The van der Waals surface area contributed by atoms with Crippen molar-refractivity contribution in [1.29, 1.82) is 0 Å². The second kappa shape index (κ2) is 7.06. The first-order chi connectivity index (χ1) is 11.8. The van der Waals surface area contributed by atoms with Gasteiger partial charge in [-0.2, -0.15) is 0 Å². The molecule has 0 bridgehead atoms. The van der Waals surface area contributed by atoms with Crippen LogP contribution in [0, 0.1) is 19.8 Å². The zero-order valence-electron chi connectivity index (χ0n) is 14.1. The molecule has 0 amide bonds. The number of aromatic amines is 1. The summed E-state index contributed by atoms with van der Waals surface area (Å²) in [5, 5.41) is 30.7. The van der Waals surface area contributed by atoms with Crippen molar-refractivity contribution in [2.75, 3.05) is 6.61 Å². The van der Waals surface area contributed by atoms with Crippen LogP contribution >= 0.6 is 27.5 Å². The van der Waals surface area contributed by atoms with Crippen molar-refractivity contribution in [2.45, 2.75) is 45.4 Å². The Kier molecular flexibility index (Phi) is 5.35. The highest BCUT2D eigenvalue weighted by molar-refractivity contribution is 9.10. The molecule has 138 valence electrons. The molecule has 4 unspecified atom stereocenters. The van der Waals surface area contributed by atoms with E-state index in [0.717, 1.165) is 21.1 Å². The van der Waals surface area contributed by atoms with Gasteiger partial charge in [-0.05, 0) is 40.9 Å². The Labute approximate surface area is 158 Å². The molecule has 4 N–H and O–H groups in total. The van der Waals surface area contributed by atoms with E-state index >= 15 is 0 Å². The summed E-state index contributed by atoms with van der Waals surface area (Å²) < 4.78 is 12.4. The molecule has 1 saturated heterocycles. The summed E-state index contributed by atoms with van der Waals surface area (Å²) >= 11 is 10.0. The van der Waals surface area contributed by atoms with Crippen molar-refractivity contribution in [1.82, 2.24) is 4.98 Å². The van der Waals surface area contributed by atoms with Crippen LogP contribution in [0.15, 0.2) is 10.7 Å². The highest BCUT2D eigenvalue weighted by Gasteiger charge is 2.43. The van der Waals surface area contributed by atoms with Gasteiger partial charge in [-0.1, -0.05) is 18.5 Å². The van der Waals surface area contributed by atoms with Crippen molar-refractivity contribution < 1.29 is 24.8 Å². The average Bonchev–Trinajstić information content (AvgIpc) is 3.02. The molecule has 1 aromatic heterocycles. The fraction of sp³-hybridized carbons (Fsp3) is 0.529. The van der Waals surface area contributed by atoms with Gasteiger partial charge in [0, 0.05) is 16.6 Å². The van der Waals surface area contributed by atoms with Gasteiger partial charge in [0.25, 0.3) is 0 Å². The van der Waals surface area contributed by atoms with Gasteiger partial charge in [-0.15, -0.1) is 0 Å². The summed E-state index contributed by atoms with van der Waals surface area (Å²) in [4.78, 5) is 3.17. The molecule has 0 radical (unpaired) electrons. The smallest absolute Gasteiger partial charge is 0.205 e. The van der Waals surface area contributed by atoms with Gasteiger partial charge in [0.05, 0.1) is 28.6 Å². The van der Waals surface area contributed by atoms with Crippen molar-refractivity contribution >= 4 is 38.4 Å². The number of aliphatic hydroxyl groups excluding tert-OH is 3. The largest absolute Gasteiger partial charge is 0.462 e. The monoisotopic (exact) mass is 433 g/mol. The van der Waals surface area contributed by atoms with E-state index in [0.29, 0.717) is 16.2 Å². The predicted octanol–water partition coefficient (Wildman–Crippen LogP) is 2.65. The number of hydrogen-bond acceptors (Lipinski definition) is 5. The number of aryl methyl sites for hydroxylation is 1. The van der Waals surface area contributed by atoms with Crippen molar-refractivity contribution in [3.05, 3.63) is 26.8 Å². The number of ether oxygens (including phenoxy) is 2. The van der Waals surface area contributed by atoms with E-state index in [1.165, 1.54) is 0 Å². The Bertz CT molecular complexity index is 793. The maximum absolute atomic E-state index is 10.2. The van der Waals surface area contributed by atoms with Crippen LogP contribution in [-0.2, 0) is 4.74 Å². The molecule has 1 aliphatic heterocycles. The van der Waals surface area contributed by atoms with Crippen LogP contribution in [0.3, 0.4) is 0 Å². The number of fused-ring (bicyclic) bond motifs is 1. The van der Waals surface area contributed by atoms with Gasteiger partial charge in [0.15, 0.2) is 0 Å². The average molecular weight is 435 g/mol. The number of halogens is 2. The lowest BCUT2D eigenvalue weighted by Crippen LogP contribution is -2.56. The maximum atomic E-state index is 10.2. The van der Waals surface area contributed by atoms with E-state index in [1.54, 1.807) is 13.1 Å². The fourth-order valence-corrected chi connectivity index (χ4v) is 3.94. The topological polar surface area (TPSA) is 94.9 Å². The molecule has 1 aromatic carbocycles. The minimum Gasteiger partial charge on any atom is -0.462 e. The maximum Gasteiger partial charge on any atom is 0.205 e. The molecule has 5 atom stereocenters. The van der Waals surface area contributed by atoms with E-state index in [-0.39, 0.29) is 0 Å². The van der Waals surface area contributed by atoms with Gasteiger partial charge in [0.1, 0.15) is 18.0 Å². The summed E-state index contributed by atoms with van der Waals surface area (Å²) in [5.41, 5.74) is 2.94. The van der Waals surface area contributed by atoms with Crippen LogP contribution in [-0.4, -0.2) is 51.5 Å². The Balaban J connectivity index is 1.98. The third kappa shape index (κ3) is 3.07. The summed E-state index contributed by atoms with van der Waals surface area (Å²) in [6, 6.07) is 0. The molecule has 0 spiro atoms. The quantitative estimate of drug-likeness (QED) is 0.596. The van der Waals surface area contributed by atoms with Gasteiger partial charge in [0.2, 0.25) is 6.29 Å². The summed E-state index contributed by atoms with van der Waals surface area (Å²) in [6.45, 7) is 5.26. The number of nitrogens with one attached hydrogen (secondary N) is 1. The number of rotatable bonds is 3. The number of aromatic nitrogens is 1. The van der Waals surface area contributed by atoms with Crippen molar-refractivity contribution in [3.63, 3.8) is 0 Å². The first-order valence-electron chi connectivity index (χ1n) is 8.02. The minimum atomic E-state index is -1.16. The predicted molar refractivity (Wildman–Crippen MR) is 98.0 cm³/mol. The second-order valence-corrected chi connectivity index (χ2v) is 7.64. The molecule has 8 heteroatoms. The molecule has 0 saturated carbocycles. The number of H-pyrrole nitrogens is 1. The summed E-state index contributed by atoms with van der Waals surface area (Å²) in [7, 11) is 0. The standard InChI is InChI=1S/C17H21BrClNO5/c1-6-7(2)14-11(13(19)12(6)18)9(4-20-14)24-17-8(3)15(22)16(23)10(5-21)25-17/h4,8,10,15-17,20-23H,5H2,1-3H3/t8-,10?,15?,16?,17?/m1/s1. The Hall–Kier alpha value is -0.830. The normalized spacial score (nSPS) is 30.0. The molecule has 2 aromatic rings. The van der Waals surface area contributed by atoms with Crippen molar-refractivity contribution in [2.24, 2.45) is 5.92 Å². The first kappa shape index (κ1) is 18.9. The molecule has 2 heterocycles. The molecule has 0 aliphatic carbocycles. The number of benzene rings is 1. The Morgan fingerprint density at radius 1 is 1.28 bits per heavy atom. The molecule has 6 nitrogen and oxygen atoms in total. The first-order valence-corrected chi connectivity index (χ1v) is 9.19. The van der Waals surface area contributed by atoms with Crippen LogP contribution in [0.2, 0.25) is 5.02 Å². The third-order valence-corrected chi connectivity index (χ3v) is 6.55. The van der Waals surface area contributed by atoms with E-state index in [1.807, 2.05) is 13.8 Å².